The van der Waals surface area contributed by atoms with E-state index in [-0.39, 0.29) is 28.6 Å². The molecule has 2 atom stereocenters. The Balaban J connectivity index is 1.87. The van der Waals surface area contributed by atoms with Crippen LogP contribution in [-0.4, -0.2) is 42.9 Å². The number of carbonyl (C=O) groups is 1. The third kappa shape index (κ3) is 5.32. The SMILES string of the molecule is Cc1cc(C)cc(OC(C)C(=O)N(Cc2c(F)cccc2Cl)C2CCS(=O)(=O)C2)c1. The lowest BCUT2D eigenvalue weighted by Gasteiger charge is -2.31. The molecule has 2 aromatic carbocycles. The first-order chi connectivity index (χ1) is 14.1. The van der Waals surface area contributed by atoms with Crippen LogP contribution in [0.4, 0.5) is 4.39 Å². The van der Waals surface area contributed by atoms with E-state index < -0.39 is 33.7 Å². The minimum atomic E-state index is -3.24. The number of halogens is 2. The molecule has 0 aromatic heterocycles. The largest absolute Gasteiger partial charge is 0.481 e. The Bertz CT molecular complexity index is 1020. The van der Waals surface area contributed by atoms with Crippen molar-refractivity contribution in [3.05, 3.63) is 63.9 Å². The van der Waals surface area contributed by atoms with Crippen molar-refractivity contribution >= 4 is 27.3 Å². The molecule has 2 aromatic rings. The summed E-state index contributed by atoms with van der Waals surface area (Å²) in [6, 6.07) is 9.40. The summed E-state index contributed by atoms with van der Waals surface area (Å²) in [4.78, 5) is 14.7. The van der Waals surface area contributed by atoms with Crippen LogP contribution in [0.15, 0.2) is 36.4 Å². The molecule has 0 N–H and O–H groups in total. The molecule has 1 saturated heterocycles. The van der Waals surface area contributed by atoms with E-state index in [0.29, 0.717) is 12.2 Å². The monoisotopic (exact) mass is 453 g/mol. The minimum Gasteiger partial charge on any atom is -0.481 e. The molecule has 0 bridgehead atoms. The highest BCUT2D eigenvalue weighted by atomic mass is 35.5. The molecule has 1 aliphatic rings. The average molecular weight is 454 g/mol. The Morgan fingerprint density at radius 2 is 1.93 bits per heavy atom. The Morgan fingerprint density at radius 1 is 1.27 bits per heavy atom. The summed E-state index contributed by atoms with van der Waals surface area (Å²) in [5, 5.41) is 0.191. The molecule has 162 valence electrons. The number of sulfone groups is 1. The second-order valence-electron chi connectivity index (χ2n) is 7.81. The molecule has 1 heterocycles. The fourth-order valence-electron chi connectivity index (χ4n) is 3.75. The van der Waals surface area contributed by atoms with Crippen LogP contribution in [-0.2, 0) is 21.2 Å². The second-order valence-corrected chi connectivity index (χ2v) is 10.4. The van der Waals surface area contributed by atoms with Crippen molar-refractivity contribution in [3.63, 3.8) is 0 Å². The zero-order valence-electron chi connectivity index (χ0n) is 17.2. The molecule has 1 fully saturated rings. The van der Waals surface area contributed by atoms with E-state index in [1.165, 1.54) is 17.0 Å². The van der Waals surface area contributed by atoms with E-state index in [9.17, 15) is 17.6 Å². The first-order valence-corrected chi connectivity index (χ1v) is 11.9. The van der Waals surface area contributed by atoms with Crippen molar-refractivity contribution in [2.75, 3.05) is 11.5 Å². The van der Waals surface area contributed by atoms with Gasteiger partial charge in [0.1, 0.15) is 11.6 Å². The fourth-order valence-corrected chi connectivity index (χ4v) is 5.70. The molecule has 5 nitrogen and oxygen atoms in total. The molecule has 0 spiro atoms. The number of carbonyl (C=O) groups excluding carboxylic acids is 1. The van der Waals surface area contributed by atoms with E-state index in [0.717, 1.165) is 11.1 Å². The number of nitrogens with zero attached hydrogens (tertiary/aromatic N) is 1. The van der Waals surface area contributed by atoms with Gasteiger partial charge in [0.15, 0.2) is 15.9 Å². The van der Waals surface area contributed by atoms with E-state index in [4.69, 9.17) is 16.3 Å². The van der Waals surface area contributed by atoms with Gasteiger partial charge in [0.2, 0.25) is 0 Å². The zero-order valence-corrected chi connectivity index (χ0v) is 18.8. The zero-order chi connectivity index (χ0) is 22.1. The molecule has 30 heavy (non-hydrogen) atoms. The summed E-state index contributed by atoms with van der Waals surface area (Å²) in [6.07, 6.45) is -0.573. The number of aryl methyl sites for hydroxylation is 2. The Hall–Kier alpha value is -2.12. The highest BCUT2D eigenvalue weighted by molar-refractivity contribution is 7.91. The van der Waals surface area contributed by atoms with E-state index in [2.05, 4.69) is 0 Å². The van der Waals surface area contributed by atoms with Gasteiger partial charge in [-0.25, -0.2) is 12.8 Å². The maximum absolute atomic E-state index is 14.4. The Kier molecular flexibility index (Phi) is 6.72. The lowest BCUT2D eigenvalue weighted by Crippen LogP contribution is -2.46. The molecule has 8 heteroatoms. The van der Waals surface area contributed by atoms with Gasteiger partial charge in [0, 0.05) is 16.6 Å². The summed E-state index contributed by atoms with van der Waals surface area (Å²) >= 11 is 6.16. The van der Waals surface area contributed by atoms with Gasteiger partial charge in [-0.15, -0.1) is 0 Å². The normalized spacial score (nSPS) is 18.8. The number of amides is 1. The quantitative estimate of drug-likeness (QED) is 0.661. The molecule has 0 saturated carbocycles. The number of hydrogen-bond acceptors (Lipinski definition) is 4. The summed E-state index contributed by atoms with van der Waals surface area (Å²) in [5.74, 6) is -0.546. The van der Waals surface area contributed by atoms with Gasteiger partial charge in [0.25, 0.3) is 5.91 Å². The van der Waals surface area contributed by atoms with Gasteiger partial charge in [-0.05, 0) is 62.6 Å². The van der Waals surface area contributed by atoms with Crippen molar-refractivity contribution in [1.29, 1.82) is 0 Å². The summed E-state index contributed by atoms with van der Waals surface area (Å²) in [7, 11) is -3.24. The lowest BCUT2D eigenvalue weighted by molar-refractivity contribution is -0.140. The van der Waals surface area contributed by atoms with Crippen molar-refractivity contribution in [2.45, 2.75) is 45.9 Å². The third-order valence-electron chi connectivity index (χ3n) is 5.18. The minimum absolute atomic E-state index is 0.00123. The second kappa shape index (κ2) is 8.94. The summed E-state index contributed by atoms with van der Waals surface area (Å²) < 4.78 is 44.3. The number of benzene rings is 2. The molecule has 1 aliphatic heterocycles. The molecular weight excluding hydrogens is 429 g/mol. The van der Waals surface area contributed by atoms with E-state index >= 15 is 0 Å². The Morgan fingerprint density at radius 3 is 2.50 bits per heavy atom. The predicted molar refractivity (Wildman–Crippen MR) is 115 cm³/mol. The van der Waals surface area contributed by atoms with Crippen molar-refractivity contribution in [2.24, 2.45) is 0 Å². The van der Waals surface area contributed by atoms with Gasteiger partial charge < -0.3 is 9.64 Å². The van der Waals surface area contributed by atoms with Gasteiger partial charge in [-0.3, -0.25) is 4.79 Å². The van der Waals surface area contributed by atoms with E-state index in [1.54, 1.807) is 13.0 Å². The maximum atomic E-state index is 14.4. The van der Waals surface area contributed by atoms with Crippen LogP contribution >= 0.6 is 11.6 Å². The summed E-state index contributed by atoms with van der Waals surface area (Å²) in [6.45, 7) is 5.36. The van der Waals surface area contributed by atoms with Crippen molar-refractivity contribution in [3.8, 4) is 5.75 Å². The maximum Gasteiger partial charge on any atom is 0.263 e. The van der Waals surface area contributed by atoms with Crippen LogP contribution < -0.4 is 4.74 Å². The predicted octanol–water partition coefficient (Wildman–Crippen LogP) is 4.08. The highest BCUT2D eigenvalue weighted by Gasteiger charge is 2.37. The fraction of sp³-hybridized carbons (Fsp3) is 0.409. The van der Waals surface area contributed by atoms with Gasteiger partial charge in [0.05, 0.1) is 18.1 Å². The highest BCUT2D eigenvalue weighted by Crippen LogP contribution is 2.27. The van der Waals surface area contributed by atoms with Gasteiger partial charge in [-0.1, -0.05) is 23.7 Å². The van der Waals surface area contributed by atoms with Crippen molar-refractivity contribution < 1.29 is 22.3 Å². The average Bonchev–Trinajstić information content (AvgIpc) is 2.99. The van der Waals surface area contributed by atoms with E-state index in [1.807, 2.05) is 32.0 Å². The number of rotatable bonds is 6. The first-order valence-electron chi connectivity index (χ1n) is 9.74. The van der Waals surface area contributed by atoms with Crippen LogP contribution in [0.2, 0.25) is 5.02 Å². The first kappa shape index (κ1) is 22.6. The molecule has 0 radical (unpaired) electrons. The van der Waals surface area contributed by atoms with Gasteiger partial charge in [-0.2, -0.15) is 0 Å². The van der Waals surface area contributed by atoms with Crippen LogP contribution in [0.3, 0.4) is 0 Å². The van der Waals surface area contributed by atoms with Crippen LogP contribution in [0, 0.1) is 19.7 Å². The van der Waals surface area contributed by atoms with Crippen molar-refractivity contribution in [1.82, 2.24) is 4.90 Å². The topological polar surface area (TPSA) is 63.7 Å². The lowest BCUT2D eigenvalue weighted by atomic mass is 10.1. The van der Waals surface area contributed by atoms with Crippen LogP contribution in [0.5, 0.6) is 5.75 Å². The molecule has 2 unspecified atom stereocenters. The van der Waals surface area contributed by atoms with Gasteiger partial charge >= 0.3 is 0 Å². The Labute approximate surface area is 181 Å². The van der Waals surface area contributed by atoms with Crippen LogP contribution in [0.25, 0.3) is 0 Å². The third-order valence-corrected chi connectivity index (χ3v) is 7.28. The summed E-state index contributed by atoms with van der Waals surface area (Å²) in [5.41, 5.74) is 2.17. The molecular formula is C22H25ClFNO4S. The van der Waals surface area contributed by atoms with Crippen LogP contribution in [0.1, 0.15) is 30.0 Å². The number of hydrogen-bond donors (Lipinski definition) is 0. The smallest absolute Gasteiger partial charge is 0.263 e. The molecule has 3 rings (SSSR count). The molecule has 1 amide bonds. The standard InChI is InChI=1S/C22H25ClFNO4S/c1-14-9-15(2)11-18(10-14)29-16(3)22(26)25(17-7-8-30(27,28)13-17)12-19-20(23)5-4-6-21(19)24/h4-6,9-11,16-17H,7-8,12-13H2,1-3H3. The molecule has 0 aliphatic carbocycles. The number of ether oxygens (including phenoxy) is 1.